The maximum Gasteiger partial charge on any atom is 0.0867 e. The smallest absolute Gasteiger partial charge is 0.0867 e. The second kappa shape index (κ2) is 7.56. The van der Waals surface area contributed by atoms with Crippen molar-refractivity contribution in [2.45, 2.75) is 40.2 Å². The molecule has 2 nitrogen and oxygen atoms in total. The van der Waals surface area contributed by atoms with Crippen molar-refractivity contribution in [2.75, 3.05) is 19.8 Å². The molecular formula is C10H21O2. The van der Waals surface area contributed by atoms with Crippen molar-refractivity contribution in [3.63, 3.8) is 0 Å². The van der Waals surface area contributed by atoms with Crippen molar-refractivity contribution in [1.82, 2.24) is 0 Å². The molecule has 1 atom stereocenters. The number of hydrogen-bond acceptors (Lipinski definition) is 2. The van der Waals surface area contributed by atoms with E-state index in [-0.39, 0.29) is 6.10 Å². The lowest BCUT2D eigenvalue weighted by Gasteiger charge is -2.21. The van der Waals surface area contributed by atoms with Crippen molar-refractivity contribution in [1.29, 1.82) is 0 Å². The summed E-state index contributed by atoms with van der Waals surface area (Å²) >= 11 is 0. The van der Waals surface area contributed by atoms with E-state index in [0.717, 1.165) is 19.6 Å². The largest absolute Gasteiger partial charge is 0.379 e. The zero-order valence-corrected chi connectivity index (χ0v) is 8.72. The Labute approximate surface area is 76.3 Å². The quantitative estimate of drug-likeness (QED) is 0.588. The highest BCUT2D eigenvalue weighted by Crippen LogP contribution is 2.14. The van der Waals surface area contributed by atoms with Crippen LogP contribution in [0.3, 0.4) is 0 Å². The summed E-state index contributed by atoms with van der Waals surface area (Å²) in [6.07, 6.45) is 1.26. The van der Waals surface area contributed by atoms with Crippen LogP contribution in [0, 0.1) is 5.92 Å². The van der Waals surface area contributed by atoms with Crippen molar-refractivity contribution >= 4 is 0 Å². The molecule has 1 unspecified atom stereocenters. The lowest BCUT2D eigenvalue weighted by Crippen LogP contribution is -2.25. The summed E-state index contributed by atoms with van der Waals surface area (Å²) in [5.74, 6) is 1.37. The van der Waals surface area contributed by atoms with Gasteiger partial charge in [0.15, 0.2) is 0 Å². The third-order valence-electron chi connectivity index (χ3n) is 1.95. The molecule has 0 heterocycles. The van der Waals surface area contributed by atoms with Gasteiger partial charge in [-0.15, -0.1) is 0 Å². The molecule has 0 aliphatic rings. The van der Waals surface area contributed by atoms with Gasteiger partial charge < -0.3 is 9.47 Å². The minimum absolute atomic E-state index is 0.194. The van der Waals surface area contributed by atoms with Gasteiger partial charge in [0.25, 0.3) is 0 Å². The SMILES string of the molecule is CCOCC(OCC)[C](C)CC. The number of hydrogen-bond donors (Lipinski definition) is 0. The van der Waals surface area contributed by atoms with Gasteiger partial charge in [0.2, 0.25) is 0 Å². The van der Waals surface area contributed by atoms with Gasteiger partial charge in [0.05, 0.1) is 12.7 Å². The van der Waals surface area contributed by atoms with Crippen LogP contribution in [0.5, 0.6) is 0 Å². The molecule has 0 fully saturated rings. The van der Waals surface area contributed by atoms with Crippen LogP contribution in [0.4, 0.5) is 0 Å². The first-order valence-electron chi connectivity index (χ1n) is 4.77. The van der Waals surface area contributed by atoms with Gasteiger partial charge in [-0.2, -0.15) is 0 Å². The Morgan fingerprint density at radius 2 is 1.83 bits per heavy atom. The first-order chi connectivity index (χ1) is 5.76. The monoisotopic (exact) mass is 173 g/mol. The molecule has 0 rings (SSSR count). The van der Waals surface area contributed by atoms with Gasteiger partial charge in [0.1, 0.15) is 0 Å². The van der Waals surface area contributed by atoms with E-state index in [4.69, 9.17) is 9.47 Å². The molecular weight excluding hydrogens is 152 g/mol. The fourth-order valence-corrected chi connectivity index (χ4v) is 0.986. The van der Waals surface area contributed by atoms with E-state index in [1.807, 2.05) is 13.8 Å². The molecule has 12 heavy (non-hydrogen) atoms. The Morgan fingerprint density at radius 1 is 1.17 bits per heavy atom. The molecule has 0 aromatic rings. The molecule has 0 aliphatic carbocycles. The second-order valence-corrected chi connectivity index (χ2v) is 2.80. The van der Waals surface area contributed by atoms with Crippen molar-refractivity contribution in [3.05, 3.63) is 5.92 Å². The van der Waals surface area contributed by atoms with Gasteiger partial charge in [-0.25, -0.2) is 0 Å². The fourth-order valence-electron chi connectivity index (χ4n) is 0.986. The topological polar surface area (TPSA) is 18.5 Å². The Balaban J connectivity index is 3.68. The minimum Gasteiger partial charge on any atom is -0.379 e. The van der Waals surface area contributed by atoms with E-state index >= 15 is 0 Å². The highest BCUT2D eigenvalue weighted by atomic mass is 16.5. The second-order valence-electron chi connectivity index (χ2n) is 2.80. The standard InChI is InChI=1S/C10H21O2/c1-5-9(4)10(12-7-3)8-11-6-2/h10H,5-8H2,1-4H3. The highest BCUT2D eigenvalue weighted by molar-refractivity contribution is 4.91. The van der Waals surface area contributed by atoms with Crippen LogP contribution in [0.1, 0.15) is 34.1 Å². The molecule has 0 aromatic heterocycles. The summed E-state index contributed by atoms with van der Waals surface area (Å²) in [5, 5.41) is 0. The van der Waals surface area contributed by atoms with Gasteiger partial charge in [-0.1, -0.05) is 13.8 Å². The average molecular weight is 173 g/mol. The Hall–Kier alpha value is -0.0800. The molecule has 0 saturated carbocycles. The fraction of sp³-hybridized carbons (Fsp3) is 0.900. The van der Waals surface area contributed by atoms with E-state index < -0.39 is 0 Å². The van der Waals surface area contributed by atoms with Crippen LogP contribution in [0.2, 0.25) is 0 Å². The predicted molar refractivity (Wildman–Crippen MR) is 51.1 cm³/mol. The van der Waals surface area contributed by atoms with Gasteiger partial charge in [0, 0.05) is 19.1 Å². The van der Waals surface area contributed by atoms with Crippen LogP contribution in [0.25, 0.3) is 0 Å². The minimum atomic E-state index is 0.194. The van der Waals surface area contributed by atoms with Crippen LogP contribution < -0.4 is 0 Å². The van der Waals surface area contributed by atoms with Gasteiger partial charge in [-0.3, -0.25) is 0 Å². The summed E-state index contributed by atoms with van der Waals surface area (Å²) in [6, 6.07) is 0. The van der Waals surface area contributed by atoms with Gasteiger partial charge >= 0.3 is 0 Å². The maximum absolute atomic E-state index is 5.53. The zero-order valence-electron chi connectivity index (χ0n) is 8.72. The molecule has 0 bridgehead atoms. The number of ether oxygens (including phenoxy) is 2. The Bertz CT molecular complexity index is 93.8. The molecule has 0 amide bonds. The van der Waals surface area contributed by atoms with E-state index in [9.17, 15) is 0 Å². The molecule has 0 N–H and O–H groups in total. The Morgan fingerprint density at radius 3 is 2.25 bits per heavy atom. The summed E-state index contributed by atoms with van der Waals surface area (Å²) in [4.78, 5) is 0. The van der Waals surface area contributed by atoms with Crippen molar-refractivity contribution < 1.29 is 9.47 Å². The molecule has 0 spiro atoms. The lowest BCUT2D eigenvalue weighted by atomic mass is 10.0. The summed E-state index contributed by atoms with van der Waals surface area (Å²) in [7, 11) is 0. The molecule has 2 heteroatoms. The molecule has 0 aromatic carbocycles. The normalized spacial score (nSPS) is 13.8. The average Bonchev–Trinajstić information content (AvgIpc) is 2.11. The first kappa shape index (κ1) is 11.9. The molecule has 1 radical (unpaired) electrons. The summed E-state index contributed by atoms with van der Waals surface area (Å²) < 4.78 is 10.9. The summed E-state index contributed by atoms with van der Waals surface area (Å²) in [6.45, 7) is 10.5. The predicted octanol–water partition coefficient (Wildman–Crippen LogP) is 2.43. The van der Waals surface area contributed by atoms with Crippen LogP contribution >= 0.6 is 0 Å². The van der Waals surface area contributed by atoms with Crippen molar-refractivity contribution in [2.24, 2.45) is 0 Å². The zero-order chi connectivity index (χ0) is 9.40. The van der Waals surface area contributed by atoms with E-state index in [1.165, 1.54) is 5.92 Å². The van der Waals surface area contributed by atoms with Crippen LogP contribution in [-0.4, -0.2) is 25.9 Å². The number of rotatable bonds is 7. The highest BCUT2D eigenvalue weighted by Gasteiger charge is 2.15. The molecule has 0 aliphatic heterocycles. The lowest BCUT2D eigenvalue weighted by molar-refractivity contribution is -0.00137. The summed E-state index contributed by atoms with van der Waals surface area (Å²) in [5.41, 5.74) is 0. The van der Waals surface area contributed by atoms with E-state index in [1.54, 1.807) is 0 Å². The van der Waals surface area contributed by atoms with E-state index in [0.29, 0.717) is 6.61 Å². The van der Waals surface area contributed by atoms with Crippen LogP contribution in [-0.2, 0) is 9.47 Å². The van der Waals surface area contributed by atoms with Crippen molar-refractivity contribution in [3.8, 4) is 0 Å². The Kier molecular flexibility index (Phi) is 7.51. The maximum atomic E-state index is 5.53. The molecule has 0 saturated heterocycles. The van der Waals surface area contributed by atoms with Crippen LogP contribution in [0.15, 0.2) is 0 Å². The third-order valence-corrected chi connectivity index (χ3v) is 1.95. The third kappa shape index (κ3) is 4.73. The first-order valence-corrected chi connectivity index (χ1v) is 4.77. The van der Waals surface area contributed by atoms with E-state index in [2.05, 4.69) is 13.8 Å². The molecule has 73 valence electrons. The van der Waals surface area contributed by atoms with Gasteiger partial charge in [-0.05, 0) is 20.3 Å².